The van der Waals surface area contributed by atoms with Gasteiger partial charge >= 0.3 is 0 Å². The van der Waals surface area contributed by atoms with E-state index in [-0.39, 0.29) is 17.3 Å². The Bertz CT molecular complexity index is 1290. The van der Waals surface area contributed by atoms with Gasteiger partial charge in [0.2, 0.25) is 11.8 Å². The average molecular weight is 556 g/mol. The SMILES string of the molecule is CCCCNC(=O)[C@H](CC)N(Cc1ccccc1)C(=O)CN(c1ccc(Cl)cc1)S(=O)(=O)c1ccccc1. The summed E-state index contributed by atoms with van der Waals surface area (Å²) in [5.74, 6) is -0.741. The molecule has 3 rings (SSSR count). The minimum Gasteiger partial charge on any atom is -0.354 e. The van der Waals surface area contributed by atoms with Gasteiger partial charge in [0.1, 0.15) is 12.6 Å². The monoisotopic (exact) mass is 555 g/mol. The molecule has 7 nitrogen and oxygen atoms in total. The summed E-state index contributed by atoms with van der Waals surface area (Å²) in [6.45, 7) is 4.07. The fourth-order valence-electron chi connectivity index (χ4n) is 4.06. The van der Waals surface area contributed by atoms with Crippen molar-refractivity contribution in [2.45, 2.75) is 50.6 Å². The maximum absolute atomic E-state index is 13.9. The molecule has 0 spiro atoms. The number of anilines is 1. The van der Waals surface area contributed by atoms with Gasteiger partial charge in [-0.2, -0.15) is 0 Å². The Morgan fingerprint density at radius 1 is 0.895 bits per heavy atom. The van der Waals surface area contributed by atoms with Crippen LogP contribution in [0.4, 0.5) is 5.69 Å². The van der Waals surface area contributed by atoms with Crippen LogP contribution in [0.3, 0.4) is 0 Å². The van der Waals surface area contributed by atoms with Crippen LogP contribution in [0, 0.1) is 0 Å². The molecule has 2 amide bonds. The van der Waals surface area contributed by atoms with E-state index < -0.39 is 28.5 Å². The highest BCUT2D eigenvalue weighted by Gasteiger charge is 2.33. The largest absolute Gasteiger partial charge is 0.354 e. The van der Waals surface area contributed by atoms with Crippen LogP contribution < -0.4 is 9.62 Å². The van der Waals surface area contributed by atoms with Gasteiger partial charge in [0.15, 0.2) is 0 Å². The predicted octanol–water partition coefficient (Wildman–Crippen LogP) is 5.26. The Kier molecular flexibility index (Phi) is 10.7. The summed E-state index contributed by atoms with van der Waals surface area (Å²) < 4.78 is 28.5. The number of carbonyl (C=O) groups is 2. The third kappa shape index (κ3) is 7.58. The molecule has 0 heterocycles. The number of carbonyl (C=O) groups excluding carboxylic acids is 2. The zero-order valence-corrected chi connectivity index (χ0v) is 23.3. The topological polar surface area (TPSA) is 86.8 Å². The Labute approximate surface area is 230 Å². The maximum Gasteiger partial charge on any atom is 0.264 e. The third-order valence-corrected chi connectivity index (χ3v) is 8.18. The van der Waals surface area contributed by atoms with Crippen molar-refractivity contribution < 1.29 is 18.0 Å². The Morgan fingerprint density at radius 3 is 2.08 bits per heavy atom. The predicted molar refractivity (Wildman–Crippen MR) is 151 cm³/mol. The van der Waals surface area contributed by atoms with Gasteiger partial charge in [-0.25, -0.2) is 8.42 Å². The molecule has 0 aliphatic carbocycles. The molecule has 3 aromatic carbocycles. The number of hydrogen-bond donors (Lipinski definition) is 1. The lowest BCUT2D eigenvalue weighted by molar-refractivity contribution is -0.140. The molecule has 0 aliphatic heterocycles. The van der Waals surface area contributed by atoms with E-state index in [2.05, 4.69) is 5.32 Å². The number of sulfonamides is 1. The summed E-state index contributed by atoms with van der Waals surface area (Å²) in [7, 11) is -4.10. The quantitative estimate of drug-likeness (QED) is 0.291. The first-order chi connectivity index (χ1) is 18.3. The number of rotatable bonds is 13. The number of halogens is 1. The van der Waals surface area contributed by atoms with Crippen molar-refractivity contribution in [3.8, 4) is 0 Å². The van der Waals surface area contributed by atoms with Gasteiger partial charge < -0.3 is 10.2 Å². The molecule has 0 radical (unpaired) electrons. The standard InChI is InChI=1S/C29H34ClN3O4S/c1-3-5-20-31-29(35)27(4-2)32(21-23-12-8-6-9-13-23)28(34)22-33(25-18-16-24(30)17-19-25)38(36,37)26-14-10-7-11-15-26/h6-19,27H,3-5,20-22H2,1-2H3,(H,31,35)/t27-/m0/s1. The van der Waals surface area contributed by atoms with Gasteiger partial charge in [0.25, 0.3) is 10.0 Å². The lowest BCUT2D eigenvalue weighted by atomic mass is 10.1. The molecular formula is C29H34ClN3O4S. The van der Waals surface area contributed by atoms with Crippen molar-refractivity contribution in [2.75, 3.05) is 17.4 Å². The zero-order chi connectivity index (χ0) is 27.5. The number of amides is 2. The summed E-state index contributed by atoms with van der Waals surface area (Å²) in [6, 6.07) is 22.8. The molecule has 202 valence electrons. The number of benzene rings is 3. The second-order valence-corrected chi connectivity index (χ2v) is 11.2. The molecule has 0 aliphatic rings. The summed E-state index contributed by atoms with van der Waals surface area (Å²) in [6.07, 6.45) is 2.13. The van der Waals surface area contributed by atoms with Gasteiger partial charge in [0.05, 0.1) is 10.6 Å². The molecule has 0 saturated heterocycles. The number of hydrogen-bond acceptors (Lipinski definition) is 4. The van der Waals surface area contributed by atoms with E-state index in [1.54, 1.807) is 42.5 Å². The van der Waals surface area contributed by atoms with Crippen LogP contribution in [-0.2, 0) is 26.2 Å². The first kappa shape index (κ1) is 29.2. The fourth-order valence-corrected chi connectivity index (χ4v) is 5.62. The van der Waals surface area contributed by atoms with Crippen LogP contribution in [0.1, 0.15) is 38.7 Å². The van der Waals surface area contributed by atoms with Gasteiger partial charge in [-0.3, -0.25) is 13.9 Å². The van der Waals surface area contributed by atoms with Gasteiger partial charge in [-0.05, 0) is 54.8 Å². The van der Waals surface area contributed by atoms with Crippen LogP contribution >= 0.6 is 11.6 Å². The van der Waals surface area contributed by atoms with Crippen LogP contribution in [0.5, 0.6) is 0 Å². The first-order valence-electron chi connectivity index (χ1n) is 12.7. The molecule has 0 bridgehead atoms. The molecule has 3 aromatic rings. The molecule has 9 heteroatoms. The Hall–Kier alpha value is -3.36. The molecule has 0 saturated carbocycles. The summed E-state index contributed by atoms with van der Waals surface area (Å²) in [5.41, 5.74) is 1.14. The summed E-state index contributed by atoms with van der Waals surface area (Å²) in [5, 5.41) is 3.37. The fraction of sp³-hybridized carbons (Fsp3) is 0.310. The highest BCUT2D eigenvalue weighted by Crippen LogP contribution is 2.26. The lowest BCUT2D eigenvalue weighted by Crippen LogP contribution is -2.52. The summed E-state index contributed by atoms with van der Waals surface area (Å²) >= 11 is 6.05. The molecule has 38 heavy (non-hydrogen) atoms. The highest BCUT2D eigenvalue weighted by atomic mass is 35.5. The normalized spacial score (nSPS) is 12.0. The molecule has 0 fully saturated rings. The maximum atomic E-state index is 13.9. The van der Waals surface area contributed by atoms with E-state index in [0.717, 1.165) is 22.7 Å². The van der Waals surface area contributed by atoms with Crippen molar-refractivity contribution in [3.05, 3.63) is 95.5 Å². The van der Waals surface area contributed by atoms with E-state index in [1.807, 2.05) is 44.2 Å². The van der Waals surface area contributed by atoms with E-state index in [1.165, 1.54) is 17.0 Å². The molecule has 0 aromatic heterocycles. The lowest BCUT2D eigenvalue weighted by Gasteiger charge is -2.33. The average Bonchev–Trinajstić information content (AvgIpc) is 2.93. The van der Waals surface area contributed by atoms with Crippen LogP contribution in [-0.4, -0.2) is 44.3 Å². The van der Waals surface area contributed by atoms with Gasteiger partial charge in [0, 0.05) is 18.1 Å². The second kappa shape index (κ2) is 14.0. The van der Waals surface area contributed by atoms with Crippen LogP contribution in [0.15, 0.2) is 89.8 Å². The van der Waals surface area contributed by atoms with Crippen molar-refractivity contribution in [2.24, 2.45) is 0 Å². The number of unbranched alkanes of at least 4 members (excludes halogenated alkanes) is 1. The minimum absolute atomic E-state index is 0.0571. The number of nitrogens with one attached hydrogen (secondary N) is 1. The van der Waals surface area contributed by atoms with E-state index >= 15 is 0 Å². The van der Waals surface area contributed by atoms with E-state index in [9.17, 15) is 18.0 Å². The van der Waals surface area contributed by atoms with E-state index in [4.69, 9.17) is 11.6 Å². The van der Waals surface area contributed by atoms with Crippen molar-refractivity contribution in [3.63, 3.8) is 0 Å². The molecular weight excluding hydrogens is 522 g/mol. The first-order valence-corrected chi connectivity index (χ1v) is 14.5. The second-order valence-electron chi connectivity index (χ2n) is 8.88. The molecule has 1 atom stereocenters. The molecule has 1 N–H and O–H groups in total. The van der Waals surface area contributed by atoms with Gasteiger partial charge in [-0.1, -0.05) is 80.4 Å². The van der Waals surface area contributed by atoms with Gasteiger partial charge in [-0.15, -0.1) is 0 Å². The van der Waals surface area contributed by atoms with E-state index in [0.29, 0.717) is 23.7 Å². The van der Waals surface area contributed by atoms with Crippen molar-refractivity contribution in [1.82, 2.24) is 10.2 Å². The highest BCUT2D eigenvalue weighted by molar-refractivity contribution is 7.92. The Morgan fingerprint density at radius 2 is 1.50 bits per heavy atom. The third-order valence-electron chi connectivity index (χ3n) is 6.14. The zero-order valence-electron chi connectivity index (χ0n) is 21.7. The molecule has 0 unspecified atom stereocenters. The van der Waals surface area contributed by atoms with Crippen LogP contribution in [0.2, 0.25) is 5.02 Å². The van der Waals surface area contributed by atoms with Crippen molar-refractivity contribution >= 4 is 39.1 Å². The van der Waals surface area contributed by atoms with Crippen LogP contribution in [0.25, 0.3) is 0 Å². The smallest absolute Gasteiger partial charge is 0.264 e. The minimum atomic E-state index is -4.10. The summed E-state index contributed by atoms with van der Waals surface area (Å²) in [4.78, 5) is 28.6. The Balaban J connectivity index is 2.00. The number of nitrogens with zero attached hydrogens (tertiary/aromatic N) is 2. The van der Waals surface area contributed by atoms with Crippen molar-refractivity contribution in [1.29, 1.82) is 0 Å².